The van der Waals surface area contributed by atoms with E-state index >= 15 is 0 Å². The van der Waals surface area contributed by atoms with Crippen molar-refractivity contribution in [2.24, 2.45) is 5.92 Å². The lowest BCUT2D eigenvalue weighted by Crippen LogP contribution is -2.52. The second kappa shape index (κ2) is 6.36. The Balaban J connectivity index is 2.33. The molecule has 4 heteroatoms. The van der Waals surface area contributed by atoms with Crippen LogP contribution in [0.25, 0.3) is 0 Å². The highest BCUT2D eigenvalue weighted by molar-refractivity contribution is 5.78. The molecule has 1 heterocycles. The number of carbonyl (C=O) groups excluding carboxylic acids is 1. The Morgan fingerprint density at radius 1 is 1.41 bits per heavy atom. The van der Waals surface area contributed by atoms with E-state index in [1.165, 1.54) is 0 Å². The van der Waals surface area contributed by atoms with Crippen LogP contribution in [0.5, 0.6) is 0 Å². The maximum absolute atomic E-state index is 11.6. The topological polar surface area (TPSA) is 44.4 Å². The van der Waals surface area contributed by atoms with E-state index in [1.54, 1.807) is 0 Å². The number of likely N-dealkylation sites (tertiary alicyclic amines) is 1. The van der Waals surface area contributed by atoms with Gasteiger partial charge >= 0.3 is 0 Å². The molecule has 0 aromatic heterocycles. The Bertz CT molecular complexity index is 255. The van der Waals surface area contributed by atoms with Crippen molar-refractivity contribution in [3.8, 4) is 0 Å². The summed E-state index contributed by atoms with van der Waals surface area (Å²) in [6, 6.07) is 1.27. The third-order valence-corrected chi connectivity index (χ3v) is 3.58. The molecule has 100 valence electrons. The van der Waals surface area contributed by atoms with E-state index in [0.29, 0.717) is 24.5 Å². The number of rotatable bonds is 4. The van der Waals surface area contributed by atoms with Crippen LogP contribution in [0.1, 0.15) is 34.1 Å². The minimum Gasteiger partial charge on any atom is -0.353 e. The van der Waals surface area contributed by atoms with Crippen molar-refractivity contribution in [2.75, 3.05) is 20.1 Å². The van der Waals surface area contributed by atoms with Gasteiger partial charge in [-0.3, -0.25) is 4.79 Å². The van der Waals surface area contributed by atoms with Crippen molar-refractivity contribution in [1.29, 1.82) is 0 Å². The summed E-state index contributed by atoms with van der Waals surface area (Å²) in [7, 11) is 2.17. The molecule has 0 saturated carbocycles. The first kappa shape index (κ1) is 14.5. The van der Waals surface area contributed by atoms with Gasteiger partial charge in [0.15, 0.2) is 0 Å². The second-order valence-corrected chi connectivity index (χ2v) is 5.71. The highest BCUT2D eigenvalue weighted by Gasteiger charge is 2.28. The standard InChI is InChI=1S/C13H27N3O/c1-9(2)15-13(17)7-14-12-6-11(4)16(5)8-10(12)3/h9-12,14H,6-8H2,1-5H3,(H,15,17)/t10-,11+,12-/m1/s1. The molecule has 4 nitrogen and oxygen atoms in total. The van der Waals surface area contributed by atoms with Crippen LogP contribution in [-0.2, 0) is 4.79 Å². The van der Waals surface area contributed by atoms with Crippen molar-refractivity contribution in [3.63, 3.8) is 0 Å². The SMILES string of the molecule is CC(C)NC(=O)CN[C@@H]1C[C@H](C)N(C)C[C@H]1C. The molecule has 0 bridgehead atoms. The monoisotopic (exact) mass is 241 g/mol. The van der Waals surface area contributed by atoms with Crippen LogP contribution in [-0.4, -0.2) is 49.1 Å². The molecule has 0 aromatic rings. The molecular weight excluding hydrogens is 214 g/mol. The molecule has 1 aliphatic heterocycles. The van der Waals surface area contributed by atoms with Crippen molar-refractivity contribution in [1.82, 2.24) is 15.5 Å². The van der Waals surface area contributed by atoms with Crippen LogP contribution in [0.3, 0.4) is 0 Å². The van der Waals surface area contributed by atoms with Gasteiger partial charge in [0, 0.05) is 24.7 Å². The van der Waals surface area contributed by atoms with E-state index in [9.17, 15) is 4.79 Å². The van der Waals surface area contributed by atoms with Crippen molar-refractivity contribution in [2.45, 2.75) is 52.2 Å². The summed E-state index contributed by atoms with van der Waals surface area (Å²) in [6.07, 6.45) is 1.12. The summed E-state index contributed by atoms with van der Waals surface area (Å²) >= 11 is 0. The minimum absolute atomic E-state index is 0.0961. The first-order valence-corrected chi connectivity index (χ1v) is 6.63. The zero-order valence-corrected chi connectivity index (χ0v) is 11.8. The minimum atomic E-state index is 0.0961. The molecule has 1 fully saturated rings. The Kier molecular flexibility index (Phi) is 5.40. The number of carbonyl (C=O) groups is 1. The van der Waals surface area contributed by atoms with E-state index < -0.39 is 0 Å². The van der Waals surface area contributed by atoms with Crippen molar-refractivity contribution < 1.29 is 4.79 Å². The summed E-state index contributed by atoms with van der Waals surface area (Å²) in [5.41, 5.74) is 0. The molecule has 17 heavy (non-hydrogen) atoms. The smallest absolute Gasteiger partial charge is 0.234 e. The van der Waals surface area contributed by atoms with Gasteiger partial charge in [0.2, 0.25) is 5.91 Å². The Hall–Kier alpha value is -0.610. The highest BCUT2D eigenvalue weighted by Crippen LogP contribution is 2.20. The van der Waals surface area contributed by atoms with Gasteiger partial charge in [-0.05, 0) is 40.2 Å². The Morgan fingerprint density at radius 2 is 2.06 bits per heavy atom. The zero-order valence-electron chi connectivity index (χ0n) is 11.8. The van der Waals surface area contributed by atoms with Crippen LogP contribution in [0.4, 0.5) is 0 Å². The van der Waals surface area contributed by atoms with Crippen molar-refractivity contribution >= 4 is 5.91 Å². The van der Waals surface area contributed by atoms with Crippen LogP contribution in [0.15, 0.2) is 0 Å². The average Bonchev–Trinajstić information content (AvgIpc) is 2.20. The fourth-order valence-electron chi connectivity index (χ4n) is 2.42. The third-order valence-electron chi connectivity index (χ3n) is 3.58. The van der Waals surface area contributed by atoms with Crippen LogP contribution in [0, 0.1) is 5.92 Å². The lowest BCUT2D eigenvalue weighted by atomic mass is 9.90. The van der Waals surface area contributed by atoms with Gasteiger partial charge in [-0.2, -0.15) is 0 Å². The average molecular weight is 241 g/mol. The number of nitrogens with zero attached hydrogens (tertiary/aromatic N) is 1. The Morgan fingerprint density at radius 3 is 2.65 bits per heavy atom. The quantitative estimate of drug-likeness (QED) is 0.766. The predicted molar refractivity (Wildman–Crippen MR) is 70.9 cm³/mol. The van der Waals surface area contributed by atoms with Gasteiger partial charge in [0.25, 0.3) is 0 Å². The number of hydrogen-bond acceptors (Lipinski definition) is 3. The summed E-state index contributed by atoms with van der Waals surface area (Å²) in [4.78, 5) is 14.0. The van der Waals surface area contributed by atoms with E-state index in [0.717, 1.165) is 13.0 Å². The lowest BCUT2D eigenvalue weighted by molar-refractivity contribution is -0.121. The maximum atomic E-state index is 11.6. The van der Waals surface area contributed by atoms with E-state index in [2.05, 4.69) is 36.4 Å². The molecule has 0 spiro atoms. The molecule has 0 aliphatic carbocycles. The zero-order chi connectivity index (χ0) is 13.0. The number of nitrogens with one attached hydrogen (secondary N) is 2. The van der Waals surface area contributed by atoms with Gasteiger partial charge in [-0.15, -0.1) is 0 Å². The second-order valence-electron chi connectivity index (χ2n) is 5.71. The molecule has 0 aromatic carbocycles. The highest BCUT2D eigenvalue weighted by atomic mass is 16.1. The molecule has 3 atom stereocenters. The molecule has 0 unspecified atom stereocenters. The Labute approximate surface area is 105 Å². The molecule has 2 N–H and O–H groups in total. The number of hydrogen-bond donors (Lipinski definition) is 2. The first-order valence-electron chi connectivity index (χ1n) is 6.63. The molecule has 1 rings (SSSR count). The summed E-state index contributed by atoms with van der Waals surface area (Å²) in [5, 5.41) is 6.29. The third kappa shape index (κ3) is 4.64. The molecule has 1 aliphatic rings. The van der Waals surface area contributed by atoms with Gasteiger partial charge in [0.1, 0.15) is 0 Å². The van der Waals surface area contributed by atoms with Crippen LogP contribution >= 0.6 is 0 Å². The van der Waals surface area contributed by atoms with Gasteiger partial charge < -0.3 is 15.5 Å². The summed E-state index contributed by atoms with van der Waals surface area (Å²) < 4.78 is 0. The first-order chi connectivity index (χ1) is 7.90. The van der Waals surface area contributed by atoms with Gasteiger partial charge in [-0.1, -0.05) is 6.92 Å². The normalized spacial score (nSPS) is 30.6. The molecule has 1 saturated heterocycles. The van der Waals surface area contributed by atoms with Crippen molar-refractivity contribution in [3.05, 3.63) is 0 Å². The number of piperidine rings is 1. The number of amides is 1. The van der Waals surface area contributed by atoms with Crippen LogP contribution < -0.4 is 10.6 Å². The fourth-order valence-corrected chi connectivity index (χ4v) is 2.42. The molecular formula is C13H27N3O. The predicted octanol–water partition coefficient (Wildman–Crippen LogP) is 0.829. The van der Waals surface area contributed by atoms with E-state index in [-0.39, 0.29) is 11.9 Å². The summed E-state index contributed by atoms with van der Waals surface area (Å²) in [5.74, 6) is 0.696. The van der Waals surface area contributed by atoms with Crippen LogP contribution in [0.2, 0.25) is 0 Å². The van der Waals surface area contributed by atoms with Gasteiger partial charge in [-0.25, -0.2) is 0 Å². The largest absolute Gasteiger partial charge is 0.353 e. The maximum Gasteiger partial charge on any atom is 0.234 e. The van der Waals surface area contributed by atoms with E-state index in [4.69, 9.17) is 0 Å². The lowest BCUT2D eigenvalue weighted by Gasteiger charge is -2.40. The molecule has 0 radical (unpaired) electrons. The fraction of sp³-hybridized carbons (Fsp3) is 0.923. The summed E-state index contributed by atoms with van der Waals surface area (Å²) in [6.45, 7) is 10.00. The van der Waals surface area contributed by atoms with Gasteiger partial charge in [0.05, 0.1) is 6.54 Å². The molecule has 1 amide bonds. The van der Waals surface area contributed by atoms with E-state index in [1.807, 2.05) is 13.8 Å².